The number of ether oxygens (including phenoxy) is 1. The summed E-state index contributed by atoms with van der Waals surface area (Å²) in [5.74, 6) is 1.78. The molecule has 2 fully saturated rings. The Morgan fingerprint density at radius 3 is 2.43 bits per heavy atom. The lowest BCUT2D eigenvalue weighted by Crippen LogP contribution is -2.43. The van der Waals surface area contributed by atoms with Crippen LogP contribution in [0.25, 0.3) is 0 Å². The lowest BCUT2D eigenvalue weighted by molar-refractivity contribution is 0.122. The molecule has 2 aliphatic rings. The lowest BCUT2D eigenvalue weighted by atomic mass is 9.81. The number of aromatic nitrogens is 4. The number of rotatable bonds is 10. The van der Waals surface area contributed by atoms with Gasteiger partial charge in [0.2, 0.25) is 11.0 Å². The second-order valence-corrected chi connectivity index (χ2v) is 14.7. The van der Waals surface area contributed by atoms with Gasteiger partial charge >= 0.3 is 0 Å². The molecule has 1 aromatic carbocycles. The molecule has 3 heterocycles. The minimum absolute atomic E-state index is 0.0164. The molecule has 2 aromatic heterocycles. The van der Waals surface area contributed by atoms with Gasteiger partial charge in [0.1, 0.15) is 10.8 Å². The van der Waals surface area contributed by atoms with Crippen molar-refractivity contribution in [2.75, 3.05) is 23.4 Å². The van der Waals surface area contributed by atoms with Gasteiger partial charge in [0.05, 0.1) is 29.4 Å². The molecule has 228 valence electrons. The highest BCUT2D eigenvalue weighted by Crippen LogP contribution is 2.42. The maximum atomic E-state index is 13.0. The lowest BCUT2D eigenvalue weighted by Gasteiger charge is -2.41. The van der Waals surface area contributed by atoms with Gasteiger partial charge in [0, 0.05) is 25.3 Å². The van der Waals surface area contributed by atoms with Crippen LogP contribution in [0.2, 0.25) is 5.02 Å². The predicted octanol–water partition coefficient (Wildman–Crippen LogP) is 6.22. The molecule has 2 N–H and O–H groups in total. The van der Waals surface area contributed by atoms with Crippen LogP contribution in [0, 0.1) is 12.8 Å². The van der Waals surface area contributed by atoms with Crippen LogP contribution in [-0.2, 0) is 16.9 Å². The number of hydrogen-bond donors (Lipinski definition) is 2. The van der Waals surface area contributed by atoms with Gasteiger partial charge in [-0.3, -0.25) is 4.68 Å². The van der Waals surface area contributed by atoms with Crippen LogP contribution in [0.15, 0.2) is 29.6 Å². The van der Waals surface area contributed by atoms with Crippen LogP contribution >= 0.6 is 11.6 Å². The number of anilines is 4. The first-order valence-electron chi connectivity index (χ1n) is 14.7. The summed E-state index contributed by atoms with van der Waals surface area (Å²) in [4.78, 5) is 11.5. The minimum Gasteiger partial charge on any atom is -0.488 e. The highest BCUT2D eigenvalue weighted by Gasteiger charge is 2.32. The summed E-state index contributed by atoms with van der Waals surface area (Å²) in [6, 6.07) is 5.33. The first-order chi connectivity index (χ1) is 19.8. The number of nitrogens with zero attached hydrogens (tertiary/aromatic N) is 5. The van der Waals surface area contributed by atoms with Gasteiger partial charge in [0.15, 0.2) is 15.7 Å². The number of halogens is 1. The molecule has 5 rings (SSSR count). The molecule has 1 aliphatic carbocycles. The van der Waals surface area contributed by atoms with E-state index in [9.17, 15) is 8.42 Å². The average Bonchev–Trinajstić information content (AvgIpc) is 3.64. The van der Waals surface area contributed by atoms with Crippen molar-refractivity contribution < 1.29 is 13.2 Å². The molecule has 2 unspecified atom stereocenters. The van der Waals surface area contributed by atoms with E-state index < -0.39 is 9.84 Å². The molecule has 0 spiro atoms. The molecule has 1 saturated heterocycles. The van der Waals surface area contributed by atoms with E-state index in [0.717, 1.165) is 37.1 Å². The van der Waals surface area contributed by atoms with E-state index in [1.165, 1.54) is 22.0 Å². The Morgan fingerprint density at radius 1 is 1.10 bits per heavy atom. The molecule has 2 atom stereocenters. The Hall–Kier alpha value is -2.89. The van der Waals surface area contributed by atoms with Crippen molar-refractivity contribution in [3.05, 3.63) is 40.7 Å². The Bertz CT molecular complexity index is 1540. The van der Waals surface area contributed by atoms with Crippen LogP contribution in [0.5, 0.6) is 5.75 Å². The zero-order valence-electron chi connectivity index (χ0n) is 25.5. The van der Waals surface area contributed by atoms with Crippen LogP contribution in [0.4, 0.5) is 23.1 Å². The standard InChI is InChI=1S/C30H42ClN7O3S/c1-17(2)16-42(39,40)29-26(15-37(6)36-29)33-28-24(31)14-32-30(35-28)34-25-10-18(3)23(13-27(25)41-22-8-9-22)21-11-19(4)38(7)20(5)12-21/h10,13-15,17,19-22H,8-9,11-12,16H2,1-7H3,(H2,32,33,34,35). The highest BCUT2D eigenvalue weighted by atomic mass is 35.5. The number of piperidine rings is 1. The van der Waals surface area contributed by atoms with E-state index in [2.05, 4.69) is 70.6 Å². The van der Waals surface area contributed by atoms with E-state index in [1.54, 1.807) is 13.2 Å². The van der Waals surface area contributed by atoms with E-state index >= 15 is 0 Å². The number of benzene rings is 1. The number of likely N-dealkylation sites (tertiary alicyclic amines) is 1. The molecular weight excluding hydrogens is 574 g/mol. The van der Waals surface area contributed by atoms with Crippen molar-refractivity contribution in [1.82, 2.24) is 24.6 Å². The molecule has 1 aliphatic heterocycles. The topological polar surface area (TPSA) is 114 Å². The zero-order valence-corrected chi connectivity index (χ0v) is 27.1. The van der Waals surface area contributed by atoms with Crippen molar-refractivity contribution in [1.29, 1.82) is 0 Å². The fourth-order valence-corrected chi connectivity index (χ4v) is 7.58. The Morgan fingerprint density at radius 2 is 1.79 bits per heavy atom. The van der Waals surface area contributed by atoms with Crippen molar-refractivity contribution in [3.8, 4) is 5.75 Å². The monoisotopic (exact) mass is 615 g/mol. The number of aryl methyl sites for hydroxylation is 2. The van der Waals surface area contributed by atoms with Crippen LogP contribution in [0.3, 0.4) is 0 Å². The molecule has 10 nitrogen and oxygen atoms in total. The summed E-state index contributed by atoms with van der Waals surface area (Å²) in [6.07, 6.45) is 7.62. The Labute approximate surface area is 254 Å². The van der Waals surface area contributed by atoms with Gasteiger partial charge < -0.3 is 20.3 Å². The van der Waals surface area contributed by atoms with Crippen LogP contribution in [-0.4, -0.2) is 64.1 Å². The van der Waals surface area contributed by atoms with Crippen molar-refractivity contribution in [2.24, 2.45) is 13.0 Å². The third-order valence-electron chi connectivity index (χ3n) is 8.15. The second kappa shape index (κ2) is 12.0. The predicted molar refractivity (Wildman–Crippen MR) is 167 cm³/mol. The summed E-state index contributed by atoms with van der Waals surface area (Å²) in [5.41, 5.74) is 3.61. The number of sulfone groups is 1. The first kappa shape index (κ1) is 30.6. The number of hydrogen-bond acceptors (Lipinski definition) is 9. The molecule has 12 heteroatoms. The van der Waals surface area contributed by atoms with Gasteiger partial charge in [-0.25, -0.2) is 13.4 Å². The maximum absolute atomic E-state index is 13.0. The van der Waals surface area contributed by atoms with Crippen molar-refractivity contribution in [2.45, 2.75) is 89.4 Å². The summed E-state index contributed by atoms with van der Waals surface area (Å²) >= 11 is 6.46. The van der Waals surface area contributed by atoms with Crippen LogP contribution < -0.4 is 15.4 Å². The Balaban J connectivity index is 1.43. The quantitative estimate of drug-likeness (QED) is 0.274. The van der Waals surface area contributed by atoms with E-state index in [0.29, 0.717) is 29.6 Å². The normalized spacial score (nSPS) is 21.5. The molecule has 1 saturated carbocycles. The summed E-state index contributed by atoms with van der Waals surface area (Å²) in [5, 5.41) is 10.8. The van der Waals surface area contributed by atoms with Crippen LogP contribution in [0.1, 0.15) is 70.4 Å². The smallest absolute Gasteiger partial charge is 0.229 e. The van der Waals surface area contributed by atoms with Crippen molar-refractivity contribution >= 4 is 44.6 Å². The highest BCUT2D eigenvalue weighted by molar-refractivity contribution is 7.91. The molecule has 0 radical (unpaired) electrons. The van der Waals surface area contributed by atoms with E-state index in [4.69, 9.17) is 16.3 Å². The minimum atomic E-state index is -3.62. The maximum Gasteiger partial charge on any atom is 0.229 e. The van der Waals surface area contributed by atoms with Gasteiger partial charge in [-0.2, -0.15) is 10.1 Å². The average molecular weight is 616 g/mol. The third-order valence-corrected chi connectivity index (χ3v) is 10.4. The summed E-state index contributed by atoms with van der Waals surface area (Å²) in [7, 11) is 0.269. The summed E-state index contributed by atoms with van der Waals surface area (Å²) < 4.78 is 33.9. The molecular formula is C30H42ClN7O3S. The SMILES string of the molecule is Cc1cc(Nc2ncc(Cl)c(Nc3cn(C)nc3S(=O)(=O)CC(C)C)n2)c(OC2CC2)cc1C1CC(C)N(C)C(C)C1. The molecule has 0 amide bonds. The zero-order chi connectivity index (χ0) is 30.3. The largest absolute Gasteiger partial charge is 0.488 e. The molecule has 0 bridgehead atoms. The Kier molecular flexibility index (Phi) is 8.74. The van der Waals surface area contributed by atoms with E-state index in [1.807, 2.05) is 13.8 Å². The summed E-state index contributed by atoms with van der Waals surface area (Å²) in [6.45, 7) is 10.5. The molecule has 42 heavy (non-hydrogen) atoms. The fraction of sp³-hybridized carbons (Fsp3) is 0.567. The molecule has 3 aromatic rings. The van der Waals surface area contributed by atoms with Gasteiger partial charge in [-0.05, 0) is 88.6 Å². The third kappa shape index (κ3) is 6.84. The van der Waals surface area contributed by atoms with Gasteiger partial charge in [0.25, 0.3) is 0 Å². The number of nitrogens with one attached hydrogen (secondary N) is 2. The van der Waals surface area contributed by atoms with Gasteiger partial charge in [-0.15, -0.1) is 0 Å². The van der Waals surface area contributed by atoms with Gasteiger partial charge in [-0.1, -0.05) is 25.4 Å². The van der Waals surface area contributed by atoms with Crippen molar-refractivity contribution in [3.63, 3.8) is 0 Å². The first-order valence-corrected chi connectivity index (χ1v) is 16.7. The second-order valence-electron chi connectivity index (χ2n) is 12.4. The van der Waals surface area contributed by atoms with E-state index in [-0.39, 0.29) is 33.6 Å². The fourth-order valence-electron chi connectivity index (χ4n) is 5.71.